The van der Waals surface area contributed by atoms with Crippen LogP contribution in [-0.4, -0.2) is 81.1 Å². The maximum absolute atomic E-state index is 12.5. The Hall–Kier alpha value is -5.81. The molecule has 0 spiro atoms. The predicted molar refractivity (Wildman–Crippen MR) is 214 cm³/mol. The zero-order chi connectivity index (χ0) is 40.5. The van der Waals surface area contributed by atoms with Crippen molar-refractivity contribution in [2.75, 3.05) is 0 Å². The molecule has 0 saturated heterocycles. The van der Waals surface area contributed by atoms with Gasteiger partial charge in [0.15, 0.2) is 5.82 Å². The normalized spacial score (nSPS) is 12.2. The molecular formula is C34H35Br2ClN12O8. The molecule has 0 saturated carbocycles. The number of hydrogen-bond donors (Lipinski definition) is 5. The standard InChI is InChI=1S/C17H15BrN6O3.C9H11BrN2O2.C8H8N4O3.ClH/c1-23-9-19-12-7-20-24(17(26)16(12)23)8-15-21-14(22-27-15)6-13(25)10-2-4-11(18)5-3-10;10-7-3-1-6(2-4-7)8(13)5-9(11)12-14;1-11-4-9-5-2-10-12(3-6(13)14)8(15)7(5)11;/h2-5,7,9,13,25H,6,8H2,1H3;1-4,8,13-14H,5H2,(H2,11,12);2,4H,3H2,1H3,(H,13,14);1H/t13-;8-;;/m00../s1. The van der Waals surface area contributed by atoms with Crippen LogP contribution in [0.4, 0.5) is 0 Å². The second kappa shape index (κ2) is 19.9. The zero-order valence-electron chi connectivity index (χ0n) is 30.0. The smallest absolute Gasteiger partial charge is 0.325 e. The van der Waals surface area contributed by atoms with Gasteiger partial charge in [0, 0.05) is 35.9 Å². The topological polar surface area (TPSA) is 281 Å². The number of fused-ring (bicyclic) bond motifs is 2. The van der Waals surface area contributed by atoms with E-state index in [1.54, 1.807) is 37.1 Å². The molecule has 0 unspecified atom stereocenters. The Morgan fingerprint density at radius 1 is 0.842 bits per heavy atom. The van der Waals surface area contributed by atoms with E-state index in [-0.39, 0.29) is 49.1 Å². The number of aliphatic hydroxyl groups excluding tert-OH is 2. The van der Waals surface area contributed by atoms with Crippen molar-refractivity contribution in [3.63, 3.8) is 0 Å². The molecule has 0 fully saturated rings. The summed E-state index contributed by atoms with van der Waals surface area (Å²) in [4.78, 5) is 47.0. The van der Waals surface area contributed by atoms with E-state index in [0.717, 1.165) is 24.8 Å². The SMILES string of the molecule is Cl.Cn1cnc2cnn(CC(=O)O)c(=O)c21.Cn1cnc2cnn(Cc3nc(C[C@H](O)c4ccc(Br)cc4)no3)c(=O)c21.N/C(C[C@H](O)c1ccc(Br)cc1)=N\O. The lowest BCUT2D eigenvalue weighted by Crippen LogP contribution is -2.27. The predicted octanol–water partition coefficient (Wildman–Crippen LogP) is 2.86. The van der Waals surface area contributed by atoms with Crippen molar-refractivity contribution >= 4 is 78.1 Å². The second-order valence-electron chi connectivity index (χ2n) is 12.0. The van der Waals surface area contributed by atoms with Crippen molar-refractivity contribution in [1.82, 2.24) is 48.8 Å². The maximum atomic E-state index is 12.5. The molecular weight excluding hydrogens is 900 g/mol. The fourth-order valence-corrected chi connectivity index (χ4v) is 5.67. The van der Waals surface area contributed by atoms with Gasteiger partial charge in [-0.25, -0.2) is 19.3 Å². The van der Waals surface area contributed by atoms with E-state index in [9.17, 15) is 24.6 Å². The lowest BCUT2D eigenvalue weighted by atomic mass is 10.1. The third-order valence-electron chi connectivity index (χ3n) is 7.94. The molecule has 2 atom stereocenters. The number of carboxylic acid groups (broad SMARTS) is 1. The number of nitrogens with zero attached hydrogens (tertiary/aromatic N) is 11. The van der Waals surface area contributed by atoms with E-state index < -0.39 is 30.3 Å². The summed E-state index contributed by atoms with van der Waals surface area (Å²) in [5.74, 6) is -0.495. The van der Waals surface area contributed by atoms with E-state index in [1.807, 2.05) is 36.4 Å². The summed E-state index contributed by atoms with van der Waals surface area (Å²) in [6.45, 7) is -0.402. The number of imidazole rings is 2. The number of aryl methyl sites for hydroxylation is 2. The Labute approximate surface area is 344 Å². The molecule has 0 bridgehead atoms. The molecule has 0 aliphatic heterocycles. The lowest BCUT2D eigenvalue weighted by Gasteiger charge is -2.09. The molecule has 300 valence electrons. The van der Waals surface area contributed by atoms with Gasteiger partial charge >= 0.3 is 5.97 Å². The number of oxime groups is 1. The van der Waals surface area contributed by atoms with Crippen LogP contribution in [0.2, 0.25) is 0 Å². The molecule has 57 heavy (non-hydrogen) atoms. The first-order valence-electron chi connectivity index (χ1n) is 16.3. The van der Waals surface area contributed by atoms with Gasteiger partial charge in [-0.3, -0.25) is 14.4 Å². The summed E-state index contributed by atoms with van der Waals surface area (Å²) in [6, 6.07) is 14.6. The first-order valence-corrected chi connectivity index (χ1v) is 17.9. The Kier molecular flexibility index (Phi) is 15.3. The minimum Gasteiger partial charge on any atom is -0.480 e. The maximum Gasteiger partial charge on any atom is 0.325 e. The first-order chi connectivity index (χ1) is 26.7. The van der Waals surface area contributed by atoms with Crippen molar-refractivity contribution in [3.8, 4) is 0 Å². The molecule has 0 aliphatic carbocycles. The molecule has 6 N–H and O–H groups in total. The van der Waals surface area contributed by atoms with E-state index in [0.29, 0.717) is 27.9 Å². The van der Waals surface area contributed by atoms with Gasteiger partial charge in [-0.1, -0.05) is 66.4 Å². The van der Waals surface area contributed by atoms with Crippen LogP contribution >= 0.6 is 44.3 Å². The van der Waals surface area contributed by atoms with Crippen molar-refractivity contribution in [3.05, 3.63) is 126 Å². The quantitative estimate of drug-likeness (QED) is 0.0571. The number of carbonyl (C=O) groups is 1. The molecule has 0 radical (unpaired) electrons. The van der Waals surface area contributed by atoms with Gasteiger partial charge in [0.25, 0.3) is 11.1 Å². The first kappa shape index (κ1) is 43.9. The lowest BCUT2D eigenvalue weighted by molar-refractivity contribution is -0.138. The molecule has 2 aromatic carbocycles. The molecule has 7 aromatic rings. The molecule has 20 nitrogen and oxygen atoms in total. The zero-order valence-corrected chi connectivity index (χ0v) is 34.0. The highest BCUT2D eigenvalue weighted by Crippen LogP contribution is 2.21. The molecule has 0 amide bonds. The molecule has 23 heteroatoms. The summed E-state index contributed by atoms with van der Waals surface area (Å²) < 4.78 is 12.4. The summed E-state index contributed by atoms with van der Waals surface area (Å²) in [5, 5.41) is 51.3. The highest BCUT2D eigenvalue weighted by Gasteiger charge is 2.16. The number of rotatable bonds is 10. The summed E-state index contributed by atoms with van der Waals surface area (Å²) in [7, 11) is 3.41. The van der Waals surface area contributed by atoms with E-state index in [2.05, 4.69) is 67.3 Å². The monoisotopic (exact) mass is 932 g/mol. The fourth-order valence-electron chi connectivity index (χ4n) is 5.14. The Morgan fingerprint density at radius 3 is 1.84 bits per heavy atom. The highest BCUT2D eigenvalue weighted by atomic mass is 79.9. The van der Waals surface area contributed by atoms with Crippen molar-refractivity contribution in [2.45, 2.75) is 38.1 Å². The van der Waals surface area contributed by atoms with Crippen LogP contribution < -0.4 is 16.9 Å². The number of aliphatic carboxylic acids is 1. The van der Waals surface area contributed by atoms with Crippen molar-refractivity contribution in [2.24, 2.45) is 25.0 Å². The number of halogens is 3. The summed E-state index contributed by atoms with van der Waals surface area (Å²) >= 11 is 6.65. The minimum atomic E-state index is -1.11. The number of hydrogen-bond acceptors (Lipinski definition) is 14. The summed E-state index contributed by atoms with van der Waals surface area (Å²) in [6.07, 6.45) is 4.77. The Balaban J connectivity index is 0.000000205. The number of aromatic nitrogens is 10. The third kappa shape index (κ3) is 11.4. The van der Waals surface area contributed by atoms with Crippen LogP contribution in [0.5, 0.6) is 0 Å². The van der Waals surface area contributed by atoms with Crippen LogP contribution in [-0.2, 0) is 38.4 Å². The molecule has 0 aliphatic rings. The van der Waals surface area contributed by atoms with Gasteiger partial charge in [0.2, 0.25) is 5.89 Å². The molecule has 5 heterocycles. The number of carboxylic acids is 1. The van der Waals surface area contributed by atoms with Crippen LogP contribution in [0.1, 0.15) is 41.5 Å². The van der Waals surface area contributed by atoms with Gasteiger partial charge in [-0.15, -0.1) is 12.4 Å². The Morgan fingerprint density at radius 2 is 1.33 bits per heavy atom. The third-order valence-corrected chi connectivity index (χ3v) is 9.00. The van der Waals surface area contributed by atoms with E-state index in [1.165, 1.54) is 28.0 Å². The molecule has 7 rings (SSSR count). The number of benzene rings is 2. The fraction of sp³-hybridized carbons (Fsp3) is 0.235. The highest BCUT2D eigenvalue weighted by molar-refractivity contribution is 9.10. The van der Waals surface area contributed by atoms with Crippen molar-refractivity contribution < 1.29 is 29.8 Å². The van der Waals surface area contributed by atoms with Gasteiger partial charge < -0.3 is 39.9 Å². The number of nitrogens with two attached hydrogens (primary N) is 1. The van der Waals surface area contributed by atoms with Crippen LogP contribution in [0, 0.1) is 0 Å². The van der Waals surface area contributed by atoms with Gasteiger partial charge in [-0.05, 0) is 35.4 Å². The van der Waals surface area contributed by atoms with E-state index in [4.69, 9.17) is 20.6 Å². The van der Waals surface area contributed by atoms with E-state index >= 15 is 0 Å². The van der Waals surface area contributed by atoms with Crippen molar-refractivity contribution in [1.29, 1.82) is 0 Å². The van der Waals surface area contributed by atoms with Crippen LogP contribution in [0.15, 0.2) is 102 Å². The van der Waals surface area contributed by atoms with Gasteiger partial charge in [0.1, 0.15) is 41.0 Å². The average Bonchev–Trinajstić information content (AvgIpc) is 3.90. The minimum absolute atomic E-state index is 0. The molecule has 5 aromatic heterocycles. The van der Waals surface area contributed by atoms with Crippen LogP contribution in [0.3, 0.4) is 0 Å². The summed E-state index contributed by atoms with van der Waals surface area (Å²) in [5.41, 5.74) is 7.82. The average molecular weight is 935 g/mol. The number of aliphatic hydroxyl groups is 2. The Bertz CT molecular complexity index is 2590. The number of amidine groups is 1. The van der Waals surface area contributed by atoms with Gasteiger partial charge in [-0.2, -0.15) is 15.2 Å². The second-order valence-corrected chi connectivity index (χ2v) is 13.9. The largest absolute Gasteiger partial charge is 0.480 e. The van der Waals surface area contributed by atoms with Gasteiger partial charge in [0.05, 0.1) is 37.3 Å². The van der Waals surface area contributed by atoms with Crippen LogP contribution in [0.25, 0.3) is 22.1 Å².